The van der Waals surface area contributed by atoms with Crippen LogP contribution in [0.2, 0.25) is 0 Å². The molecule has 0 atom stereocenters. The van der Waals surface area contributed by atoms with Gasteiger partial charge in [-0.15, -0.1) is 0 Å². The van der Waals surface area contributed by atoms with Crippen LogP contribution in [0, 0.1) is 12.3 Å². The number of aromatic nitrogens is 1. The summed E-state index contributed by atoms with van der Waals surface area (Å²) in [6, 6.07) is 1.58. The fourth-order valence-electron chi connectivity index (χ4n) is 1.37. The van der Waals surface area contributed by atoms with Crippen LogP contribution in [0.5, 0.6) is 0 Å². The Morgan fingerprint density at radius 1 is 1.60 bits per heavy atom. The minimum Gasteiger partial charge on any atom is -0.369 e. The van der Waals surface area contributed by atoms with Gasteiger partial charge in [0, 0.05) is 6.07 Å². The first-order chi connectivity index (χ1) is 7.04. The molecule has 0 aliphatic heterocycles. The molecule has 2 rings (SSSR count). The fraction of sp³-hybridized carbons (Fsp3) is 0.444. The zero-order valence-corrected chi connectivity index (χ0v) is 8.24. The minimum absolute atomic E-state index is 0.310. The Kier molecular flexibility index (Phi) is 1.99. The lowest BCUT2D eigenvalue weighted by Gasteiger charge is -2.08. The molecule has 1 aromatic heterocycles. The predicted molar refractivity (Wildman–Crippen MR) is 50.7 cm³/mol. The Labute approximate surface area is 85.8 Å². The van der Waals surface area contributed by atoms with Gasteiger partial charge in [-0.1, -0.05) is 5.16 Å². The molecule has 0 spiro atoms. The fourth-order valence-corrected chi connectivity index (χ4v) is 1.37. The molecule has 3 N–H and O–H groups in total. The number of primary amides is 1. The molecular weight excluding hydrogens is 198 g/mol. The van der Waals surface area contributed by atoms with Gasteiger partial charge in [-0.05, 0) is 19.8 Å². The lowest BCUT2D eigenvalue weighted by atomic mass is 10.1. The number of hydrogen-bond donors (Lipinski definition) is 2. The van der Waals surface area contributed by atoms with E-state index in [0.29, 0.717) is 24.4 Å². The molecular formula is C9H11N3O3. The highest BCUT2D eigenvalue weighted by Gasteiger charge is 2.55. The van der Waals surface area contributed by atoms with E-state index in [1.807, 2.05) is 0 Å². The maximum absolute atomic E-state index is 11.7. The number of aryl methyl sites for hydroxylation is 1. The zero-order chi connectivity index (χ0) is 11.1. The highest BCUT2D eigenvalue weighted by atomic mass is 16.5. The maximum Gasteiger partial charge on any atom is 0.241 e. The smallest absolute Gasteiger partial charge is 0.241 e. The average Bonchev–Trinajstić information content (AvgIpc) is 2.88. The highest BCUT2D eigenvalue weighted by molar-refractivity contribution is 6.12. The molecule has 0 bridgehead atoms. The van der Waals surface area contributed by atoms with Gasteiger partial charge < -0.3 is 15.6 Å². The van der Waals surface area contributed by atoms with Crippen molar-refractivity contribution in [2.75, 3.05) is 5.32 Å². The summed E-state index contributed by atoms with van der Waals surface area (Å²) in [5.41, 5.74) is 4.13. The average molecular weight is 209 g/mol. The van der Waals surface area contributed by atoms with Crippen molar-refractivity contribution in [2.45, 2.75) is 19.8 Å². The second-order valence-corrected chi connectivity index (χ2v) is 3.72. The van der Waals surface area contributed by atoms with Gasteiger partial charge >= 0.3 is 0 Å². The first-order valence-corrected chi connectivity index (χ1v) is 4.59. The van der Waals surface area contributed by atoms with E-state index in [1.54, 1.807) is 13.0 Å². The van der Waals surface area contributed by atoms with Crippen molar-refractivity contribution in [1.29, 1.82) is 0 Å². The number of hydrogen-bond acceptors (Lipinski definition) is 4. The summed E-state index contributed by atoms with van der Waals surface area (Å²) < 4.78 is 4.78. The van der Waals surface area contributed by atoms with Crippen molar-refractivity contribution >= 4 is 17.6 Å². The summed E-state index contributed by atoms with van der Waals surface area (Å²) in [7, 11) is 0. The van der Waals surface area contributed by atoms with E-state index in [9.17, 15) is 9.59 Å². The monoisotopic (exact) mass is 209 g/mol. The highest BCUT2D eigenvalue weighted by Crippen LogP contribution is 2.46. The van der Waals surface area contributed by atoms with Crippen molar-refractivity contribution in [3.8, 4) is 0 Å². The largest absolute Gasteiger partial charge is 0.369 e. The number of rotatable bonds is 3. The van der Waals surface area contributed by atoms with Crippen molar-refractivity contribution < 1.29 is 14.1 Å². The van der Waals surface area contributed by atoms with Crippen LogP contribution in [0.3, 0.4) is 0 Å². The lowest BCUT2D eigenvalue weighted by Crippen LogP contribution is -2.36. The van der Waals surface area contributed by atoms with Crippen molar-refractivity contribution in [3.63, 3.8) is 0 Å². The third-order valence-electron chi connectivity index (χ3n) is 2.53. The normalized spacial score (nSPS) is 17.1. The molecule has 1 fully saturated rings. The van der Waals surface area contributed by atoms with Gasteiger partial charge in [0.15, 0.2) is 5.82 Å². The molecule has 0 aromatic carbocycles. The van der Waals surface area contributed by atoms with Gasteiger partial charge in [-0.3, -0.25) is 9.59 Å². The van der Waals surface area contributed by atoms with Crippen LogP contribution in [-0.2, 0) is 9.59 Å². The van der Waals surface area contributed by atoms with Crippen LogP contribution in [0.4, 0.5) is 5.82 Å². The van der Waals surface area contributed by atoms with Crippen LogP contribution in [-0.4, -0.2) is 17.0 Å². The molecule has 0 saturated heterocycles. The SMILES string of the molecule is Cc1cc(NC(=O)C2(C(N)=O)CC2)no1. The van der Waals surface area contributed by atoms with Gasteiger partial charge in [0.25, 0.3) is 0 Å². The van der Waals surface area contributed by atoms with Crippen molar-refractivity contribution in [2.24, 2.45) is 11.1 Å². The number of nitrogens with zero attached hydrogens (tertiary/aromatic N) is 1. The molecule has 6 heteroatoms. The molecule has 0 unspecified atom stereocenters. The summed E-state index contributed by atoms with van der Waals surface area (Å²) in [6.07, 6.45) is 1.01. The first kappa shape index (κ1) is 9.70. The van der Waals surface area contributed by atoms with E-state index in [-0.39, 0.29) is 0 Å². The number of nitrogens with one attached hydrogen (secondary N) is 1. The first-order valence-electron chi connectivity index (χ1n) is 4.59. The standard InChI is InChI=1S/C9H11N3O3/c1-5-4-6(12-15-5)11-8(14)9(2-3-9)7(10)13/h4H,2-3H2,1H3,(H2,10,13)(H,11,12,14). The summed E-state index contributed by atoms with van der Waals surface area (Å²) in [6.45, 7) is 1.71. The van der Waals surface area contributed by atoms with Gasteiger partial charge in [-0.2, -0.15) is 0 Å². The Bertz CT molecular complexity index is 420. The summed E-state index contributed by atoms with van der Waals surface area (Å²) in [4.78, 5) is 22.7. The van der Waals surface area contributed by atoms with Gasteiger partial charge in [0.2, 0.25) is 11.8 Å². The number of nitrogens with two attached hydrogens (primary N) is 1. The molecule has 1 heterocycles. The molecule has 0 radical (unpaired) electrons. The van der Waals surface area contributed by atoms with Crippen molar-refractivity contribution in [3.05, 3.63) is 11.8 Å². The van der Waals surface area contributed by atoms with Crippen LogP contribution in [0.25, 0.3) is 0 Å². The third-order valence-corrected chi connectivity index (χ3v) is 2.53. The molecule has 1 aromatic rings. The Morgan fingerprint density at radius 3 is 2.67 bits per heavy atom. The number of amides is 2. The van der Waals surface area contributed by atoms with E-state index < -0.39 is 17.2 Å². The van der Waals surface area contributed by atoms with Gasteiger partial charge in [0.05, 0.1) is 0 Å². The van der Waals surface area contributed by atoms with E-state index in [1.165, 1.54) is 0 Å². The summed E-state index contributed by atoms with van der Waals surface area (Å²) >= 11 is 0. The quantitative estimate of drug-likeness (QED) is 0.694. The molecule has 1 aliphatic carbocycles. The van der Waals surface area contributed by atoms with E-state index in [4.69, 9.17) is 10.3 Å². The molecule has 1 aliphatic rings. The number of carbonyl (C=O) groups is 2. The van der Waals surface area contributed by atoms with Crippen molar-refractivity contribution in [1.82, 2.24) is 5.16 Å². The molecule has 6 nitrogen and oxygen atoms in total. The second-order valence-electron chi connectivity index (χ2n) is 3.72. The Morgan fingerprint density at radius 2 is 2.27 bits per heavy atom. The van der Waals surface area contributed by atoms with E-state index in [2.05, 4.69) is 10.5 Å². The molecule has 15 heavy (non-hydrogen) atoms. The Balaban J connectivity index is 2.08. The van der Waals surface area contributed by atoms with Crippen LogP contribution < -0.4 is 11.1 Å². The van der Waals surface area contributed by atoms with Crippen LogP contribution in [0.15, 0.2) is 10.6 Å². The molecule has 1 saturated carbocycles. The maximum atomic E-state index is 11.7. The van der Waals surface area contributed by atoms with Crippen LogP contribution in [0.1, 0.15) is 18.6 Å². The summed E-state index contributed by atoms with van der Waals surface area (Å²) in [5, 5.41) is 6.10. The van der Waals surface area contributed by atoms with E-state index >= 15 is 0 Å². The topological polar surface area (TPSA) is 98.2 Å². The van der Waals surface area contributed by atoms with Gasteiger partial charge in [0.1, 0.15) is 11.2 Å². The predicted octanol–water partition coefficient (Wildman–Crippen LogP) is 0.187. The second kappa shape index (κ2) is 3.08. The van der Waals surface area contributed by atoms with Crippen LogP contribution >= 0.6 is 0 Å². The van der Waals surface area contributed by atoms with Gasteiger partial charge in [-0.25, -0.2) is 0 Å². The number of anilines is 1. The lowest BCUT2D eigenvalue weighted by molar-refractivity contribution is -0.132. The summed E-state index contributed by atoms with van der Waals surface area (Å²) in [5.74, 6) is -0.0808. The Hall–Kier alpha value is -1.85. The zero-order valence-electron chi connectivity index (χ0n) is 8.24. The number of carbonyl (C=O) groups excluding carboxylic acids is 2. The third kappa shape index (κ3) is 1.58. The minimum atomic E-state index is -1.02. The molecule has 80 valence electrons. The van der Waals surface area contributed by atoms with E-state index in [0.717, 1.165) is 0 Å². The molecule has 2 amide bonds.